The number of hydrogen-bond donors (Lipinski definition) is 1. The third-order valence-corrected chi connectivity index (χ3v) is 7.14. The van der Waals surface area contributed by atoms with Crippen LogP contribution in [0.15, 0.2) is 53.4 Å². The van der Waals surface area contributed by atoms with Gasteiger partial charge in [0.25, 0.3) is 0 Å². The van der Waals surface area contributed by atoms with Crippen LogP contribution >= 0.6 is 11.6 Å². The highest BCUT2D eigenvalue weighted by Crippen LogP contribution is 2.33. The molecule has 0 radical (unpaired) electrons. The van der Waals surface area contributed by atoms with E-state index in [0.717, 1.165) is 5.56 Å². The third-order valence-electron chi connectivity index (χ3n) is 5.03. The van der Waals surface area contributed by atoms with Gasteiger partial charge in [0.15, 0.2) is 0 Å². The maximum atomic E-state index is 13.0. The van der Waals surface area contributed by atoms with Crippen molar-refractivity contribution in [2.75, 3.05) is 13.1 Å². The fourth-order valence-electron chi connectivity index (χ4n) is 3.34. The zero-order chi connectivity index (χ0) is 20.4. The van der Waals surface area contributed by atoms with Gasteiger partial charge < -0.3 is 5.32 Å². The minimum absolute atomic E-state index is 0.104. The molecule has 5 nitrogen and oxygen atoms in total. The Balaban J connectivity index is 1.70. The molecule has 0 saturated carbocycles. The van der Waals surface area contributed by atoms with Crippen molar-refractivity contribution in [3.63, 3.8) is 0 Å². The van der Waals surface area contributed by atoms with Crippen LogP contribution in [0, 0.1) is 11.2 Å². The van der Waals surface area contributed by atoms with Gasteiger partial charge in [-0.25, -0.2) is 12.8 Å². The lowest BCUT2D eigenvalue weighted by molar-refractivity contribution is -0.132. The molecule has 8 heteroatoms. The molecule has 1 heterocycles. The van der Waals surface area contributed by atoms with Gasteiger partial charge in [0.2, 0.25) is 15.9 Å². The lowest BCUT2D eigenvalue weighted by Gasteiger charge is -2.38. The SMILES string of the molecule is C[C@@]1(C(=O)NCc2ccc(F)cc2)CCCN(S(=O)(=O)c2ccc(Cl)cc2)C1. The smallest absolute Gasteiger partial charge is 0.243 e. The molecule has 1 N–H and O–H groups in total. The molecule has 0 aromatic heterocycles. The normalized spacial score (nSPS) is 20.7. The molecule has 1 saturated heterocycles. The third kappa shape index (κ3) is 4.54. The highest BCUT2D eigenvalue weighted by molar-refractivity contribution is 7.89. The van der Waals surface area contributed by atoms with Crippen molar-refractivity contribution in [3.8, 4) is 0 Å². The molecule has 1 aliphatic rings. The summed E-state index contributed by atoms with van der Waals surface area (Å²) in [5.41, 5.74) is -0.0579. The lowest BCUT2D eigenvalue weighted by Crippen LogP contribution is -2.51. The van der Waals surface area contributed by atoms with Gasteiger partial charge in [0.05, 0.1) is 10.3 Å². The van der Waals surface area contributed by atoms with Crippen LogP contribution in [0.4, 0.5) is 4.39 Å². The van der Waals surface area contributed by atoms with Crippen molar-refractivity contribution in [2.45, 2.75) is 31.2 Å². The van der Waals surface area contributed by atoms with E-state index < -0.39 is 15.4 Å². The Labute approximate surface area is 169 Å². The number of benzene rings is 2. The van der Waals surface area contributed by atoms with Gasteiger partial charge in [0.1, 0.15) is 5.82 Å². The van der Waals surface area contributed by atoms with E-state index in [9.17, 15) is 17.6 Å². The summed E-state index contributed by atoms with van der Waals surface area (Å²) in [5, 5.41) is 3.31. The van der Waals surface area contributed by atoms with Gasteiger partial charge in [-0.2, -0.15) is 4.31 Å². The van der Waals surface area contributed by atoms with Crippen LogP contribution in [0.2, 0.25) is 5.02 Å². The van der Waals surface area contributed by atoms with E-state index in [2.05, 4.69) is 5.32 Å². The molecule has 0 aliphatic carbocycles. The van der Waals surface area contributed by atoms with Crippen LogP contribution in [-0.4, -0.2) is 31.7 Å². The van der Waals surface area contributed by atoms with Gasteiger partial charge in [-0.3, -0.25) is 4.79 Å². The van der Waals surface area contributed by atoms with Crippen LogP contribution in [0.1, 0.15) is 25.3 Å². The second-order valence-corrected chi connectivity index (χ2v) is 9.64. The molecule has 3 rings (SSSR count). The van der Waals surface area contributed by atoms with E-state index in [1.165, 1.54) is 40.7 Å². The lowest BCUT2D eigenvalue weighted by atomic mass is 9.82. The van der Waals surface area contributed by atoms with E-state index in [0.29, 0.717) is 24.4 Å². The summed E-state index contributed by atoms with van der Waals surface area (Å²) in [6.45, 7) is 2.51. The fourth-order valence-corrected chi connectivity index (χ4v) is 5.07. The summed E-state index contributed by atoms with van der Waals surface area (Å²) in [4.78, 5) is 12.9. The summed E-state index contributed by atoms with van der Waals surface area (Å²) in [6, 6.07) is 11.9. The number of hydrogen-bond acceptors (Lipinski definition) is 3. The Morgan fingerprint density at radius 1 is 1.18 bits per heavy atom. The Hall–Kier alpha value is -1.96. The largest absolute Gasteiger partial charge is 0.352 e. The second kappa shape index (κ2) is 8.19. The van der Waals surface area contributed by atoms with Crippen LogP contribution in [0.5, 0.6) is 0 Å². The zero-order valence-corrected chi connectivity index (χ0v) is 17.1. The average Bonchev–Trinajstić information content (AvgIpc) is 2.67. The number of piperidine rings is 1. The van der Waals surface area contributed by atoms with Crippen molar-refractivity contribution >= 4 is 27.5 Å². The molecular weight excluding hydrogens is 403 g/mol. The van der Waals surface area contributed by atoms with Gasteiger partial charge in [-0.1, -0.05) is 23.7 Å². The van der Waals surface area contributed by atoms with E-state index in [1.807, 2.05) is 0 Å². The summed E-state index contributed by atoms with van der Waals surface area (Å²) in [6.07, 6.45) is 1.18. The van der Waals surface area contributed by atoms with Crippen LogP contribution in [0.25, 0.3) is 0 Å². The number of nitrogens with zero attached hydrogens (tertiary/aromatic N) is 1. The number of amides is 1. The minimum Gasteiger partial charge on any atom is -0.352 e. The molecule has 2 aromatic rings. The first kappa shape index (κ1) is 20.8. The number of sulfonamides is 1. The molecule has 0 spiro atoms. The van der Waals surface area contributed by atoms with E-state index >= 15 is 0 Å². The molecule has 0 unspecified atom stereocenters. The zero-order valence-electron chi connectivity index (χ0n) is 15.5. The van der Waals surface area contributed by atoms with Crippen molar-refractivity contribution < 1.29 is 17.6 Å². The number of carbonyl (C=O) groups excluding carboxylic acids is 1. The van der Waals surface area contributed by atoms with Crippen molar-refractivity contribution in [3.05, 3.63) is 64.9 Å². The predicted octanol–water partition coefficient (Wildman–Crippen LogP) is 3.59. The van der Waals surface area contributed by atoms with Gasteiger partial charge in [0, 0.05) is 24.7 Å². The molecule has 1 aliphatic heterocycles. The molecule has 1 amide bonds. The van der Waals surface area contributed by atoms with Crippen LogP contribution in [-0.2, 0) is 21.4 Å². The Morgan fingerprint density at radius 3 is 2.46 bits per heavy atom. The highest BCUT2D eigenvalue weighted by Gasteiger charge is 2.41. The summed E-state index contributed by atoms with van der Waals surface area (Å²) in [5.74, 6) is -0.551. The van der Waals surface area contributed by atoms with Crippen molar-refractivity contribution in [1.29, 1.82) is 0 Å². The summed E-state index contributed by atoms with van der Waals surface area (Å²) >= 11 is 5.85. The Bertz CT molecular complexity index is 948. The first-order valence-electron chi connectivity index (χ1n) is 8.99. The van der Waals surface area contributed by atoms with Gasteiger partial charge >= 0.3 is 0 Å². The quantitative estimate of drug-likeness (QED) is 0.797. The van der Waals surface area contributed by atoms with Crippen LogP contribution in [0.3, 0.4) is 0 Å². The predicted molar refractivity (Wildman–Crippen MR) is 106 cm³/mol. The molecule has 1 atom stereocenters. The average molecular weight is 425 g/mol. The Morgan fingerprint density at radius 2 is 1.82 bits per heavy atom. The second-order valence-electron chi connectivity index (χ2n) is 7.27. The number of halogens is 2. The van der Waals surface area contributed by atoms with Crippen molar-refractivity contribution in [1.82, 2.24) is 9.62 Å². The fraction of sp³-hybridized carbons (Fsp3) is 0.350. The maximum Gasteiger partial charge on any atom is 0.243 e. The number of rotatable bonds is 5. The molecule has 1 fully saturated rings. The number of carbonyl (C=O) groups is 1. The highest BCUT2D eigenvalue weighted by atomic mass is 35.5. The molecule has 2 aromatic carbocycles. The summed E-state index contributed by atoms with van der Waals surface area (Å²) in [7, 11) is -3.70. The maximum absolute atomic E-state index is 13.0. The summed E-state index contributed by atoms with van der Waals surface area (Å²) < 4.78 is 40.2. The molecule has 0 bridgehead atoms. The molecular formula is C20H22ClFN2O3S. The van der Waals surface area contributed by atoms with Crippen LogP contribution < -0.4 is 5.32 Å². The van der Waals surface area contributed by atoms with Crippen molar-refractivity contribution in [2.24, 2.45) is 5.41 Å². The Kier molecular flexibility index (Phi) is 6.07. The minimum atomic E-state index is -3.70. The number of nitrogens with one attached hydrogen (secondary N) is 1. The first-order valence-corrected chi connectivity index (χ1v) is 10.8. The topological polar surface area (TPSA) is 66.5 Å². The monoisotopic (exact) mass is 424 g/mol. The standard InChI is InChI=1S/C20H22ClFN2O3S/c1-20(19(25)23-13-15-3-7-17(22)8-4-15)11-2-12-24(14-20)28(26,27)18-9-5-16(21)6-10-18/h3-10H,2,11-14H2,1H3,(H,23,25)/t20-/m1/s1. The van der Waals surface area contributed by atoms with E-state index in [4.69, 9.17) is 11.6 Å². The van der Waals surface area contributed by atoms with E-state index in [1.54, 1.807) is 19.1 Å². The van der Waals surface area contributed by atoms with Gasteiger partial charge in [-0.05, 0) is 61.7 Å². The molecule has 150 valence electrons. The van der Waals surface area contributed by atoms with E-state index in [-0.39, 0.29) is 29.7 Å². The molecule has 28 heavy (non-hydrogen) atoms. The van der Waals surface area contributed by atoms with Gasteiger partial charge in [-0.15, -0.1) is 0 Å². The first-order chi connectivity index (χ1) is 13.2.